The van der Waals surface area contributed by atoms with Crippen molar-refractivity contribution in [3.05, 3.63) is 35.9 Å². The van der Waals surface area contributed by atoms with Gasteiger partial charge in [0.15, 0.2) is 0 Å². The van der Waals surface area contributed by atoms with E-state index in [1.165, 1.54) is 0 Å². The van der Waals surface area contributed by atoms with Crippen molar-refractivity contribution in [2.24, 2.45) is 11.5 Å². The lowest BCUT2D eigenvalue weighted by molar-refractivity contribution is 0.223. The maximum Gasteiger partial charge on any atom is 0.302 e. The standard InChI is InChI=1S/C8H12N2O3S/c9-8(10,6-13-14(11)12)7-4-2-1-3-5-7/h1-5H,6,9-10H2,(H,11,12). The molecule has 0 aromatic heterocycles. The van der Waals surface area contributed by atoms with Crippen molar-refractivity contribution in [3.8, 4) is 0 Å². The Hall–Kier alpha value is -0.790. The number of benzene rings is 1. The van der Waals surface area contributed by atoms with Gasteiger partial charge in [0.2, 0.25) is 0 Å². The summed E-state index contributed by atoms with van der Waals surface area (Å²) >= 11 is -2.35. The summed E-state index contributed by atoms with van der Waals surface area (Å²) in [5.74, 6) is 0. The Kier molecular flexibility index (Phi) is 3.73. The van der Waals surface area contributed by atoms with Gasteiger partial charge < -0.3 is 11.5 Å². The zero-order valence-electron chi connectivity index (χ0n) is 7.42. The molecule has 0 saturated carbocycles. The minimum atomic E-state index is -2.35. The van der Waals surface area contributed by atoms with Gasteiger partial charge in [0.25, 0.3) is 0 Å². The van der Waals surface area contributed by atoms with Crippen molar-refractivity contribution >= 4 is 11.4 Å². The second-order valence-electron chi connectivity index (χ2n) is 2.89. The van der Waals surface area contributed by atoms with Crippen LogP contribution in [0.25, 0.3) is 0 Å². The highest BCUT2D eigenvalue weighted by Gasteiger charge is 2.22. The molecule has 5 nitrogen and oxygen atoms in total. The van der Waals surface area contributed by atoms with Crippen LogP contribution in [0.5, 0.6) is 0 Å². The van der Waals surface area contributed by atoms with Crippen molar-refractivity contribution in [3.63, 3.8) is 0 Å². The van der Waals surface area contributed by atoms with E-state index in [0.717, 1.165) is 0 Å². The zero-order valence-corrected chi connectivity index (χ0v) is 8.24. The molecule has 1 rings (SSSR count). The summed E-state index contributed by atoms with van der Waals surface area (Å²) in [6, 6.07) is 8.83. The third-order valence-corrected chi connectivity index (χ3v) is 2.03. The molecule has 0 amide bonds. The van der Waals surface area contributed by atoms with Crippen LogP contribution >= 0.6 is 0 Å². The molecule has 78 valence electrons. The number of hydrogen-bond acceptors (Lipinski definition) is 4. The third kappa shape index (κ3) is 3.17. The zero-order chi connectivity index (χ0) is 10.6. The van der Waals surface area contributed by atoms with Crippen LogP contribution in [-0.2, 0) is 21.2 Å². The van der Waals surface area contributed by atoms with Gasteiger partial charge in [0, 0.05) is 0 Å². The summed E-state index contributed by atoms with van der Waals surface area (Å²) in [5.41, 5.74) is 10.8. The van der Waals surface area contributed by atoms with E-state index < -0.39 is 17.0 Å². The minimum Gasteiger partial charge on any atom is -0.308 e. The first-order valence-electron chi connectivity index (χ1n) is 3.90. The molecule has 1 aromatic rings. The summed E-state index contributed by atoms with van der Waals surface area (Å²) in [5, 5.41) is 0. The molecule has 1 atom stereocenters. The van der Waals surface area contributed by atoms with Crippen LogP contribution in [0, 0.1) is 0 Å². The van der Waals surface area contributed by atoms with Crippen molar-refractivity contribution in [1.82, 2.24) is 0 Å². The van der Waals surface area contributed by atoms with Gasteiger partial charge in [0.05, 0.1) is 0 Å². The second kappa shape index (κ2) is 4.63. The molecule has 0 bridgehead atoms. The van der Waals surface area contributed by atoms with Crippen molar-refractivity contribution < 1.29 is 12.9 Å². The molecular weight excluding hydrogens is 204 g/mol. The van der Waals surface area contributed by atoms with Crippen molar-refractivity contribution in [2.75, 3.05) is 6.61 Å². The Labute approximate surface area is 84.5 Å². The van der Waals surface area contributed by atoms with E-state index in [-0.39, 0.29) is 6.61 Å². The fourth-order valence-electron chi connectivity index (χ4n) is 0.980. The van der Waals surface area contributed by atoms with Crippen molar-refractivity contribution in [1.29, 1.82) is 0 Å². The monoisotopic (exact) mass is 216 g/mol. The number of nitrogens with two attached hydrogens (primary N) is 2. The molecule has 0 saturated heterocycles. The van der Waals surface area contributed by atoms with E-state index in [4.69, 9.17) is 16.0 Å². The van der Waals surface area contributed by atoms with Gasteiger partial charge in [0.1, 0.15) is 12.3 Å². The first kappa shape index (κ1) is 11.3. The van der Waals surface area contributed by atoms with Crippen LogP contribution in [0.4, 0.5) is 0 Å². The van der Waals surface area contributed by atoms with E-state index in [1.807, 2.05) is 6.07 Å². The summed E-state index contributed by atoms with van der Waals surface area (Å²) in [4.78, 5) is 0. The van der Waals surface area contributed by atoms with Gasteiger partial charge in [-0.1, -0.05) is 30.3 Å². The SMILES string of the molecule is NC(N)(COS(=O)O)c1ccccc1. The van der Waals surface area contributed by atoms with Gasteiger partial charge in [-0.15, -0.1) is 0 Å². The quantitative estimate of drug-likeness (QED) is 0.482. The Morgan fingerprint density at radius 1 is 1.36 bits per heavy atom. The van der Waals surface area contributed by atoms with E-state index in [2.05, 4.69) is 4.18 Å². The fourth-order valence-corrected chi connectivity index (χ4v) is 1.28. The highest BCUT2D eigenvalue weighted by Crippen LogP contribution is 2.12. The van der Waals surface area contributed by atoms with Crippen LogP contribution in [0.2, 0.25) is 0 Å². The van der Waals surface area contributed by atoms with E-state index in [1.54, 1.807) is 24.3 Å². The Morgan fingerprint density at radius 3 is 2.43 bits per heavy atom. The predicted octanol–water partition coefficient (Wildman–Crippen LogP) is -0.0899. The van der Waals surface area contributed by atoms with Crippen molar-refractivity contribution in [2.45, 2.75) is 5.66 Å². The molecule has 1 aromatic carbocycles. The Morgan fingerprint density at radius 2 is 1.93 bits per heavy atom. The molecule has 6 heteroatoms. The molecule has 0 aliphatic rings. The lowest BCUT2D eigenvalue weighted by atomic mass is 10.0. The Balaban J connectivity index is 2.70. The highest BCUT2D eigenvalue weighted by atomic mass is 32.2. The summed E-state index contributed by atoms with van der Waals surface area (Å²) in [7, 11) is 0. The molecule has 0 aliphatic heterocycles. The highest BCUT2D eigenvalue weighted by molar-refractivity contribution is 7.74. The van der Waals surface area contributed by atoms with Gasteiger partial charge in [-0.05, 0) is 5.56 Å². The first-order chi connectivity index (χ1) is 6.52. The predicted molar refractivity (Wildman–Crippen MR) is 53.2 cm³/mol. The van der Waals surface area contributed by atoms with Gasteiger partial charge in [-0.2, -0.15) is 4.21 Å². The van der Waals surface area contributed by atoms with Gasteiger partial charge in [-0.25, -0.2) is 0 Å². The number of hydrogen-bond donors (Lipinski definition) is 3. The summed E-state index contributed by atoms with van der Waals surface area (Å²) < 4.78 is 23.1. The maximum absolute atomic E-state index is 10.3. The minimum absolute atomic E-state index is 0.222. The lowest BCUT2D eigenvalue weighted by Crippen LogP contribution is -2.50. The fraction of sp³-hybridized carbons (Fsp3) is 0.250. The second-order valence-corrected chi connectivity index (χ2v) is 3.56. The van der Waals surface area contributed by atoms with Gasteiger partial charge >= 0.3 is 11.4 Å². The van der Waals surface area contributed by atoms with Crippen LogP contribution in [0.15, 0.2) is 30.3 Å². The molecule has 0 spiro atoms. The molecule has 0 heterocycles. The molecule has 0 fully saturated rings. The molecule has 0 aliphatic carbocycles. The largest absolute Gasteiger partial charge is 0.308 e. The maximum atomic E-state index is 10.3. The summed E-state index contributed by atoms with van der Waals surface area (Å²) in [6.07, 6.45) is 0. The van der Waals surface area contributed by atoms with Crippen LogP contribution in [-0.4, -0.2) is 15.4 Å². The average Bonchev–Trinajstić information content (AvgIpc) is 2.16. The van der Waals surface area contributed by atoms with E-state index in [0.29, 0.717) is 5.56 Å². The molecule has 14 heavy (non-hydrogen) atoms. The Bertz CT molecular complexity index is 316. The average molecular weight is 216 g/mol. The van der Waals surface area contributed by atoms with Crippen LogP contribution in [0.3, 0.4) is 0 Å². The molecular formula is C8H12N2O3S. The molecule has 1 unspecified atom stereocenters. The molecule has 0 radical (unpaired) electrons. The first-order valence-corrected chi connectivity index (χ1v) is 4.93. The topological polar surface area (TPSA) is 98.6 Å². The third-order valence-electron chi connectivity index (χ3n) is 1.71. The van der Waals surface area contributed by atoms with Crippen LogP contribution < -0.4 is 11.5 Å². The molecule has 5 N–H and O–H groups in total. The van der Waals surface area contributed by atoms with E-state index in [9.17, 15) is 4.21 Å². The number of rotatable bonds is 4. The normalized spacial score (nSPS) is 13.9. The van der Waals surface area contributed by atoms with Gasteiger partial charge in [-0.3, -0.25) is 8.74 Å². The smallest absolute Gasteiger partial charge is 0.302 e. The van der Waals surface area contributed by atoms with E-state index >= 15 is 0 Å². The lowest BCUT2D eigenvalue weighted by Gasteiger charge is -2.23. The summed E-state index contributed by atoms with van der Waals surface area (Å²) in [6.45, 7) is -0.222. The van der Waals surface area contributed by atoms with Crippen LogP contribution in [0.1, 0.15) is 5.56 Å².